The highest BCUT2D eigenvalue weighted by molar-refractivity contribution is 7.89. The predicted molar refractivity (Wildman–Crippen MR) is 67.0 cm³/mol. The molecule has 0 aromatic heterocycles. The fourth-order valence-electron chi connectivity index (χ4n) is 1.27. The molecule has 0 aliphatic heterocycles. The molecule has 1 atom stereocenters. The molecule has 0 radical (unpaired) electrons. The first-order chi connectivity index (χ1) is 8.95. The highest BCUT2D eigenvalue weighted by Gasteiger charge is 2.25. The highest BCUT2D eigenvalue weighted by Crippen LogP contribution is 2.20. The van der Waals surface area contributed by atoms with E-state index in [1.165, 1.54) is 0 Å². The molecule has 0 spiro atoms. The highest BCUT2D eigenvalue weighted by atomic mass is 32.2. The minimum atomic E-state index is -4.23. The van der Waals surface area contributed by atoms with Crippen LogP contribution < -0.4 is 4.72 Å². The Labute approximate surface area is 115 Å². The molecule has 1 unspecified atom stereocenters. The Kier molecular flexibility index (Phi) is 4.83. The summed E-state index contributed by atoms with van der Waals surface area (Å²) >= 11 is 0. The summed E-state index contributed by atoms with van der Waals surface area (Å²) in [5.74, 6) is -4.93. The number of benzene rings is 1. The van der Waals surface area contributed by atoms with Crippen LogP contribution in [0.2, 0.25) is 0 Å². The van der Waals surface area contributed by atoms with Crippen LogP contribution in [0.15, 0.2) is 17.0 Å². The van der Waals surface area contributed by atoms with E-state index in [1.807, 2.05) is 4.72 Å². The summed E-state index contributed by atoms with van der Waals surface area (Å²) < 4.78 is 64.4. The Hall–Kier alpha value is -1.12. The number of sulfonamides is 1. The zero-order chi connectivity index (χ0) is 15.7. The smallest absolute Gasteiger partial charge is 0.240 e. The van der Waals surface area contributed by atoms with Crippen molar-refractivity contribution in [3.8, 4) is 0 Å². The maximum Gasteiger partial charge on any atom is 0.240 e. The van der Waals surface area contributed by atoms with Gasteiger partial charge in [0, 0.05) is 6.54 Å². The molecule has 20 heavy (non-hydrogen) atoms. The van der Waals surface area contributed by atoms with E-state index in [0.29, 0.717) is 12.1 Å². The van der Waals surface area contributed by atoms with Gasteiger partial charge in [-0.25, -0.2) is 26.3 Å². The van der Waals surface area contributed by atoms with Crippen LogP contribution >= 0.6 is 0 Å². The quantitative estimate of drug-likeness (QED) is 0.833. The molecule has 1 rings (SSSR count). The molecule has 1 aromatic rings. The first-order valence-electron chi connectivity index (χ1n) is 5.77. The van der Waals surface area contributed by atoms with Crippen LogP contribution in [0.25, 0.3) is 0 Å². The molecule has 0 amide bonds. The lowest BCUT2D eigenvalue weighted by molar-refractivity contribution is 0.0677. The molecule has 0 aliphatic carbocycles. The van der Waals surface area contributed by atoms with Crippen molar-refractivity contribution in [3.63, 3.8) is 0 Å². The lowest BCUT2D eigenvalue weighted by atomic mass is 9.89. The minimum absolute atomic E-state index is 0.327. The van der Waals surface area contributed by atoms with Crippen molar-refractivity contribution in [1.82, 2.24) is 4.72 Å². The van der Waals surface area contributed by atoms with E-state index in [9.17, 15) is 26.7 Å². The summed E-state index contributed by atoms with van der Waals surface area (Å²) in [6.45, 7) is 4.77. The average molecular weight is 311 g/mol. The first kappa shape index (κ1) is 16.9. The van der Waals surface area contributed by atoms with E-state index in [4.69, 9.17) is 0 Å². The molecule has 2 N–H and O–H groups in total. The van der Waals surface area contributed by atoms with Crippen LogP contribution in [0.5, 0.6) is 0 Å². The van der Waals surface area contributed by atoms with Crippen molar-refractivity contribution in [1.29, 1.82) is 0 Å². The van der Waals surface area contributed by atoms with Gasteiger partial charge in [-0.2, -0.15) is 0 Å². The monoisotopic (exact) mass is 311 g/mol. The number of nitrogens with one attached hydrogen (secondary N) is 1. The topological polar surface area (TPSA) is 66.4 Å². The fraction of sp³-hybridized carbons (Fsp3) is 0.500. The average Bonchev–Trinajstić information content (AvgIpc) is 2.31. The second kappa shape index (κ2) is 5.71. The maximum atomic E-state index is 13.0. The van der Waals surface area contributed by atoms with Crippen LogP contribution in [0.3, 0.4) is 0 Å². The van der Waals surface area contributed by atoms with E-state index in [1.54, 1.807) is 20.8 Å². The van der Waals surface area contributed by atoms with Gasteiger partial charge in [0.1, 0.15) is 0 Å². The van der Waals surface area contributed by atoms with Crippen molar-refractivity contribution < 1.29 is 26.7 Å². The standard InChI is InChI=1S/C12H16F3NO3S/c1-12(2,3)10(17)6-16-20(18,19)7-4-8(13)11(15)9(14)5-7/h4-5,10,16-17H,6H2,1-3H3. The molecule has 0 saturated heterocycles. The third-order valence-electron chi connectivity index (χ3n) is 2.73. The van der Waals surface area contributed by atoms with E-state index in [2.05, 4.69) is 0 Å². The summed E-state index contributed by atoms with van der Waals surface area (Å²) in [6, 6.07) is 0.758. The second-order valence-electron chi connectivity index (χ2n) is 5.43. The van der Waals surface area contributed by atoms with Gasteiger partial charge in [-0.1, -0.05) is 20.8 Å². The molecule has 114 valence electrons. The molecule has 1 aromatic carbocycles. The summed E-state index contributed by atoms with van der Waals surface area (Å²) in [4.78, 5) is -0.741. The normalized spacial score (nSPS) is 14.3. The van der Waals surface area contributed by atoms with Crippen LogP contribution in [-0.2, 0) is 10.0 Å². The number of aliphatic hydroxyl groups excluding tert-OH is 1. The van der Waals surface area contributed by atoms with Crippen molar-refractivity contribution in [2.75, 3.05) is 6.54 Å². The van der Waals surface area contributed by atoms with Crippen molar-refractivity contribution >= 4 is 10.0 Å². The Bertz CT molecular complexity index is 573. The summed E-state index contributed by atoms with van der Waals surface area (Å²) in [6.07, 6.45) is -0.993. The van der Waals surface area contributed by atoms with Gasteiger partial charge in [-0.3, -0.25) is 0 Å². The molecule has 0 aliphatic rings. The lowest BCUT2D eigenvalue weighted by Crippen LogP contribution is -2.39. The number of aliphatic hydroxyl groups is 1. The van der Waals surface area contributed by atoms with Gasteiger partial charge in [-0.05, 0) is 17.5 Å². The molecule has 4 nitrogen and oxygen atoms in total. The summed E-state index contributed by atoms with van der Waals surface area (Å²) in [5, 5.41) is 9.71. The Balaban J connectivity index is 2.96. The molecule has 0 fully saturated rings. The first-order valence-corrected chi connectivity index (χ1v) is 7.26. The summed E-state index contributed by atoms with van der Waals surface area (Å²) in [5.41, 5.74) is -0.568. The number of halogens is 3. The maximum absolute atomic E-state index is 13.0. The van der Waals surface area contributed by atoms with Crippen molar-refractivity contribution in [2.45, 2.75) is 31.8 Å². The van der Waals surface area contributed by atoms with Gasteiger partial charge in [0.05, 0.1) is 11.0 Å². The van der Waals surface area contributed by atoms with Crippen LogP contribution in [0, 0.1) is 22.9 Å². The van der Waals surface area contributed by atoms with E-state index in [0.717, 1.165) is 0 Å². The van der Waals surface area contributed by atoms with Gasteiger partial charge in [-0.15, -0.1) is 0 Å². The zero-order valence-corrected chi connectivity index (χ0v) is 12.1. The summed E-state index contributed by atoms with van der Waals surface area (Å²) in [7, 11) is -4.23. The van der Waals surface area contributed by atoms with E-state index in [-0.39, 0.29) is 6.54 Å². The Morgan fingerprint density at radius 3 is 2.05 bits per heavy atom. The minimum Gasteiger partial charge on any atom is -0.391 e. The third kappa shape index (κ3) is 3.94. The van der Waals surface area contributed by atoms with E-state index >= 15 is 0 Å². The van der Waals surface area contributed by atoms with Crippen molar-refractivity contribution in [3.05, 3.63) is 29.6 Å². The number of hydrogen-bond donors (Lipinski definition) is 2. The Morgan fingerprint density at radius 2 is 1.65 bits per heavy atom. The van der Waals surface area contributed by atoms with Crippen LogP contribution in [-0.4, -0.2) is 26.2 Å². The Morgan fingerprint density at radius 1 is 1.20 bits per heavy atom. The van der Waals surface area contributed by atoms with Gasteiger partial charge in [0.15, 0.2) is 17.5 Å². The SMILES string of the molecule is CC(C)(C)C(O)CNS(=O)(=O)c1cc(F)c(F)c(F)c1. The second-order valence-corrected chi connectivity index (χ2v) is 7.20. The zero-order valence-electron chi connectivity index (χ0n) is 11.2. The number of rotatable bonds is 4. The number of hydrogen-bond acceptors (Lipinski definition) is 3. The predicted octanol–water partition coefficient (Wildman–Crippen LogP) is 1.79. The lowest BCUT2D eigenvalue weighted by Gasteiger charge is -2.25. The van der Waals surface area contributed by atoms with Gasteiger partial charge < -0.3 is 5.11 Å². The molecule has 0 saturated carbocycles. The van der Waals surface area contributed by atoms with E-state index < -0.39 is 43.9 Å². The third-order valence-corrected chi connectivity index (χ3v) is 4.14. The molecular weight excluding hydrogens is 295 g/mol. The van der Waals surface area contributed by atoms with Crippen molar-refractivity contribution in [2.24, 2.45) is 5.41 Å². The van der Waals surface area contributed by atoms with Crippen LogP contribution in [0.4, 0.5) is 13.2 Å². The van der Waals surface area contributed by atoms with Crippen LogP contribution in [0.1, 0.15) is 20.8 Å². The molecular formula is C12H16F3NO3S. The largest absolute Gasteiger partial charge is 0.391 e. The fourth-order valence-corrected chi connectivity index (χ4v) is 2.33. The molecule has 0 bridgehead atoms. The van der Waals surface area contributed by atoms with Gasteiger partial charge >= 0.3 is 0 Å². The van der Waals surface area contributed by atoms with Gasteiger partial charge in [0.2, 0.25) is 10.0 Å². The van der Waals surface area contributed by atoms with Gasteiger partial charge in [0.25, 0.3) is 0 Å². The molecule has 8 heteroatoms. The molecule has 0 heterocycles.